The number of benzene rings is 1. The van der Waals surface area contributed by atoms with Crippen molar-refractivity contribution >= 4 is 5.97 Å². The van der Waals surface area contributed by atoms with E-state index in [1.807, 2.05) is 0 Å². The fourth-order valence-corrected chi connectivity index (χ4v) is 2.73. The Bertz CT molecular complexity index is 462. The van der Waals surface area contributed by atoms with Gasteiger partial charge in [-0.2, -0.15) is 0 Å². The Morgan fingerprint density at radius 3 is 2.68 bits per heavy atom. The van der Waals surface area contributed by atoms with Gasteiger partial charge in [0.15, 0.2) is 0 Å². The van der Waals surface area contributed by atoms with Gasteiger partial charge in [-0.05, 0) is 31.0 Å². The van der Waals surface area contributed by atoms with Crippen LogP contribution in [0.1, 0.15) is 24.9 Å². The molecule has 0 amide bonds. The van der Waals surface area contributed by atoms with Crippen molar-refractivity contribution in [3.63, 3.8) is 0 Å². The Hall–Kier alpha value is -1.46. The lowest BCUT2D eigenvalue weighted by Gasteiger charge is -2.22. The molecule has 1 aromatic rings. The van der Waals surface area contributed by atoms with Gasteiger partial charge in [0, 0.05) is 18.6 Å². The number of rotatable bonds is 3. The number of hydrogen-bond acceptors (Lipinski definition) is 4. The molecule has 1 saturated heterocycles. The van der Waals surface area contributed by atoms with E-state index in [2.05, 4.69) is 5.32 Å². The minimum Gasteiger partial charge on any atom is -0.468 e. The summed E-state index contributed by atoms with van der Waals surface area (Å²) in [6, 6.07) is 5.89. The van der Waals surface area contributed by atoms with E-state index in [1.165, 1.54) is 19.2 Å². The molecular weight excluding hydrogens is 249 g/mol. The van der Waals surface area contributed by atoms with Gasteiger partial charge < -0.3 is 9.84 Å². The van der Waals surface area contributed by atoms with E-state index in [1.54, 1.807) is 19.1 Å². The highest BCUT2D eigenvalue weighted by Gasteiger charge is 2.47. The van der Waals surface area contributed by atoms with E-state index in [0.29, 0.717) is 6.42 Å². The highest BCUT2D eigenvalue weighted by atomic mass is 19.1. The van der Waals surface area contributed by atoms with E-state index in [0.717, 1.165) is 5.56 Å². The Morgan fingerprint density at radius 2 is 2.16 bits per heavy atom. The molecular formula is C14H18FNO3. The Kier molecular flexibility index (Phi) is 3.87. The van der Waals surface area contributed by atoms with E-state index < -0.39 is 5.54 Å². The first kappa shape index (κ1) is 14.0. The molecule has 3 atom stereocenters. The third kappa shape index (κ3) is 2.62. The van der Waals surface area contributed by atoms with Crippen LogP contribution in [0.15, 0.2) is 24.3 Å². The number of methoxy groups -OCH3 is 1. The molecule has 0 aromatic heterocycles. The summed E-state index contributed by atoms with van der Waals surface area (Å²) in [6.45, 7) is 1.71. The number of hydrogen-bond donors (Lipinski definition) is 2. The van der Waals surface area contributed by atoms with Crippen molar-refractivity contribution in [1.29, 1.82) is 0 Å². The minimum absolute atomic E-state index is 0.0401. The van der Waals surface area contributed by atoms with Crippen LogP contribution < -0.4 is 5.32 Å². The summed E-state index contributed by atoms with van der Waals surface area (Å²) in [7, 11) is 1.34. The zero-order valence-corrected chi connectivity index (χ0v) is 11.0. The lowest BCUT2D eigenvalue weighted by molar-refractivity contribution is -0.147. The molecule has 4 nitrogen and oxygen atoms in total. The van der Waals surface area contributed by atoms with Gasteiger partial charge in [0.1, 0.15) is 11.4 Å². The molecule has 0 bridgehead atoms. The van der Waals surface area contributed by atoms with Crippen LogP contribution in [0, 0.1) is 11.7 Å². The van der Waals surface area contributed by atoms with E-state index in [9.17, 15) is 14.3 Å². The molecule has 104 valence electrons. The fourth-order valence-electron chi connectivity index (χ4n) is 2.73. The second kappa shape index (κ2) is 5.27. The summed E-state index contributed by atoms with van der Waals surface area (Å²) in [5.41, 5.74) is 0.0364. The second-order valence-electron chi connectivity index (χ2n) is 5.14. The number of esters is 1. The summed E-state index contributed by atoms with van der Waals surface area (Å²) >= 11 is 0. The highest BCUT2D eigenvalue weighted by Crippen LogP contribution is 2.38. The van der Waals surface area contributed by atoms with Gasteiger partial charge in [-0.3, -0.25) is 10.1 Å². The Balaban J connectivity index is 2.25. The quantitative estimate of drug-likeness (QED) is 0.813. The molecule has 2 N–H and O–H groups in total. The first-order valence-electron chi connectivity index (χ1n) is 6.22. The maximum absolute atomic E-state index is 12.9. The maximum atomic E-state index is 12.9. The lowest BCUT2D eigenvalue weighted by atomic mass is 9.91. The molecule has 0 spiro atoms. The molecule has 3 unspecified atom stereocenters. The predicted octanol–water partition coefficient (Wildman–Crippen LogP) is 1.40. The summed E-state index contributed by atoms with van der Waals surface area (Å²) in [5, 5.41) is 12.7. The fraction of sp³-hybridized carbons (Fsp3) is 0.500. The third-order valence-electron chi connectivity index (χ3n) is 3.72. The SMILES string of the molecule is COC(=O)C1(C)CC(CO)C(c2ccc(F)cc2)N1. The Labute approximate surface area is 111 Å². The Morgan fingerprint density at radius 1 is 1.53 bits per heavy atom. The smallest absolute Gasteiger partial charge is 0.325 e. The predicted molar refractivity (Wildman–Crippen MR) is 67.9 cm³/mol. The van der Waals surface area contributed by atoms with Gasteiger partial charge >= 0.3 is 5.97 Å². The van der Waals surface area contributed by atoms with Crippen LogP contribution in [0.25, 0.3) is 0 Å². The van der Waals surface area contributed by atoms with Gasteiger partial charge in [-0.15, -0.1) is 0 Å². The molecule has 1 aliphatic heterocycles. The van der Waals surface area contributed by atoms with Crippen LogP contribution in [0.3, 0.4) is 0 Å². The van der Waals surface area contributed by atoms with Crippen molar-refractivity contribution in [2.24, 2.45) is 5.92 Å². The van der Waals surface area contributed by atoms with Crippen LogP contribution in [-0.2, 0) is 9.53 Å². The van der Waals surface area contributed by atoms with Gasteiger partial charge in [-0.25, -0.2) is 4.39 Å². The molecule has 0 aliphatic carbocycles. The van der Waals surface area contributed by atoms with Crippen molar-refractivity contribution in [3.8, 4) is 0 Å². The standard InChI is InChI=1S/C14H18FNO3/c1-14(13(18)19-2)7-10(8-17)12(16-14)9-3-5-11(15)6-4-9/h3-6,10,12,16-17H,7-8H2,1-2H3. The third-order valence-corrected chi connectivity index (χ3v) is 3.72. The topological polar surface area (TPSA) is 58.6 Å². The summed E-state index contributed by atoms with van der Waals surface area (Å²) in [4.78, 5) is 11.8. The minimum atomic E-state index is -0.818. The summed E-state index contributed by atoms with van der Waals surface area (Å²) < 4.78 is 17.7. The van der Waals surface area contributed by atoms with Crippen molar-refractivity contribution in [3.05, 3.63) is 35.6 Å². The van der Waals surface area contributed by atoms with Crippen molar-refractivity contribution < 1.29 is 19.0 Å². The highest BCUT2D eigenvalue weighted by molar-refractivity contribution is 5.80. The van der Waals surface area contributed by atoms with E-state index >= 15 is 0 Å². The molecule has 2 rings (SSSR count). The zero-order valence-electron chi connectivity index (χ0n) is 11.0. The number of aliphatic hydroxyl groups is 1. The monoisotopic (exact) mass is 267 g/mol. The van der Waals surface area contributed by atoms with E-state index in [4.69, 9.17) is 4.74 Å². The molecule has 0 radical (unpaired) electrons. The molecule has 1 aliphatic rings. The molecule has 0 saturated carbocycles. The average Bonchev–Trinajstić information content (AvgIpc) is 2.77. The number of carbonyl (C=O) groups excluding carboxylic acids is 1. The van der Waals surface area contributed by atoms with Gasteiger partial charge in [0.2, 0.25) is 0 Å². The van der Waals surface area contributed by atoms with Crippen LogP contribution in [-0.4, -0.2) is 30.3 Å². The summed E-state index contributed by atoms with van der Waals surface area (Å²) in [6.07, 6.45) is 0.484. The second-order valence-corrected chi connectivity index (χ2v) is 5.14. The molecule has 5 heteroatoms. The normalized spacial score (nSPS) is 30.3. The number of carbonyl (C=O) groups is 1. The molecule has 1 heterocycles. The van der Waals surface area contributed by atoms with Crippen molar-refractivity contribution in [1.82, 2.24) is 5.32 Å². The first-order valence-corrected chi connectivity index (χ1v) is 6.22. The van der Waals surface area contributed by atoms with E-state index in [-0.39, 0.29) is 30.4 Å². The molecule has 19 heavy (non-hydrogen) atoms. The zero-order chi connectivity index (χ0) is 14.0. The van der Waals surface area contributed by atoms with Crippen LogP contribution >= 0.6 is 0 Å². The van der Waals surface area contributed by atoms with Crippen LogP contribution in [0.2, 0.25) is 0 Å². The van der Waals surface area contributed by atoms with Crippen molar-refractivity contribution in [2.75, 3.05) is 13.7 Å². The molecule has 1 fully saturated rings. The summed E-state index contributed by atoms with van der Waals surface area (Å²) in [5.74, 6) is -0.761. The van der Waals surface area contributed by atoms with Crippen LogP contribution in [0.4, 0.5) is 4.39 Å². The van der Waals surface area contributed by atoms with Gasteiger partial charge in [0.25, 0.3) is 0 Å². The van der Waals surface area contributed by atoms with Gasteiger partial charge in [0.05, 0.1) is 7.11 Å². The van der Waals surface area contributed by atoms with Crippen molar-refractivity contribution in [2.45, 2.75) is 24.9 Å². The number of nitrogens with one attached hydrogen (secondary N) is 1. The van der Waals surface area contributed by atoms with Crippen LogP contribution in [0.5, 0.6) is 0 Å². The lowest BCUT2D eigenvalue weighted by Crippen LogP contribution is -2.45. The maximum Gasteiger partial charge on any atom is 0.325 e. The number of ether oxygens (including phenoxy) is 1. The average molecular weight is 267 g/mol. The number of halogens is 1. The number of aliphatic hydroxyl groups excluding tert-OH is 1. The first-order chi connectivity index (χ1) is 9.00. The molecule has 1 aromatic carbocycles. The largest absolute Gasteiger partial charge is 0.468 e. The van der Waals surface area contributed by atoms with Gasteiger partial charge in [-0.1, -0.05) is 12.1 Å².